The maximum Gasteiger partial charge on any atom is 0.335 e. The Morgan fingerprint density at radius 1 is 1.03 bits per heavy atom. The van der Waals surface area contributed by atoms with E-state index in [9.17, 15) is 9.90 Å². The van der Waals surface area contributed by atoms with Crippen LogP contribution in [0, 0.1) is 0 Å². The van der Waals surface area contributed by atoms with Crippen LogP contribution < -0.4 is 4.74 Å². The lowest BCUT2D eigenvalue weighted by atomic mass is 10.0. The van der Waals surface area contributed by atoms with Gasteiger partial charge in [-0.3, -0.25) is 0 Å². The number of benzene rings is 3. The van der Waals surface area contributed by atoms with Crippen LogP contribution in [0.2, 0.25) is 5.02 Å². The quantitative estimate of drug-likeness (QED) is 0.204. The lowest BCUT2D eigenvalue weighted by Crippen LogP contribution is -2.03. The van der Waals surface area contributed by atoms with Gasteiger partial charge in [-0.15, -0.1) is 0 Å². The van der Waals surface area contributed by atoms with Gasteiger partial charge in [-0.05, 0) is 66.3 Å². The Kier molecular flexibility index (Phi) is 8.81. The van der Waals surface area contributed by atoms with Gasteiger partial charge in [-0.1, -0.05) is 85.2 Å². The molecule has 0 amide bonds. The smallest absolute Gasteiger partial charge is 0.335 e. The first kappa shape index (κ1) is 26.2. The van der Waals surface area contributed by atoms with Gasteiger partial charge in [0, 0.05) is 5.92 Å². The summed E-state index contributed by atoms with van der Waals surface area (Å²) >= 11 is 6.52. The normalized spacial score (nSPS) is 11.4. The zero-order valence-electron chi connectivity index (χ0n) is 21.0. The largest absolute Gasteiger partial charge is 0.489 e. The molecule has 0 spiro atoms. The Labute approximate surface area is 222 Å². The molecule has 190 valence electrons. The van der Waals surface area contributed by atoms with Gasteiger partial charge in [0.05, 0.1) is 21.8 Å². The summed E-state index contributed by atoms with van der Waals surface area (Å²) in [6, 6.07) is 22.7. The van der Waals surface area contributed by atoms with E-state index in [4.69, 9.17) is 20.9 Å². The van der Waals surface area contributed by atoms with Crippen LogP contribution in [0.5, 0.6) is 5.75 Å². The SMILES string of the molecule is CC(C)c1onc(CCCc2ccccc2)c1COc1ccc(/C=C/c2cccc(C(=O)O)c2)c(Cl)c1. The van der Waals surface area contributed by atoms with Crippen LogP contribution in [-0.4, -0.2) is 16.2 Å². The number of halogens is 1. The van der Waals surface area contributed by atoms with E-state index in [0.717, 1.165) is 47.4 Å². The highest BCUT2D eigenvalue weighted by atomic mass is 35.5. The lowest BCUT2D eigenvalue weighted by Gasteiger charge is -2.10. The van der Waals surface area contributed by atoms with E-state index in [2.05, 4.69) is 43.3 Å². The molecule has 0 aliphatic rings. The summed E-state index contributed by atoms with van der Waals surface area (Å²) in [6.07, 6.45) is 6.47. The Bertz CT molecular complexity index is 1380. The molecule has 1 N–H and O–H groups in total. The third-order valence-electron chi connectivity index (χ3n) is 6.09. The Hall–Kier alpha value is -3.83. The van der Waals surface area contributed by atoms with Crippen molar-refractivity contribution >= 4 is 29.7 Å². The van der Waals surface area contributed by atoms with E-state index in [0.29, 0.717) is 17.4 Å². The predicted molar refractivity (Wildman–Crippen MR) is 147 cm³/mol. The van der Waals surface area contributed by atoms with Crippen LogP contribution >= 0.6 is 11.6 Å². The zero-order chi connectivity index (χ0) is 26.2. The molecule has 0 saturated carbocycles. The number of carboxylic acids is 1. The van der Waals surface area contributed by atoms with Crippen LogP contribution in [0.15, 0.2) is 77.3 Å². The summed E-state index contributed by atoms with van der Waals surface area (Å²) in [5.74, 6) is 0.748. The summed E-state index contributed by atoms with van der Waals surface area (Å²) in [6.45, 7) is 4.52. The lowest BCUT2D eigenvalue weighted by molar-refractivity contribution is 0.0697. The third kappa shape index (κ3) is 7.11. The number of rotatable bonds is 11. The van der Waals surface area contributed by atoms with Gasteiger partial charge in [-0.25, -0.2) is 4.79 Å². The molecule has 0 radical (unpaired) electrons. The van der Waals surface area contributed by atoms with Crippen molar-refractivity contribution in [3.63, 3.8) is 0 Å². The summed E-state index contributed by atoms with van der Waals surface area (Å²) in [5, 5.41) is 14.1. The van der Waals surface area contributed by atoms with Gasteiger partial charge in [0.25, 0.3) is 0 Å². The predicted octanol–water partition coefficient (Wildman–Crippen LogP) is 8.07. The number of aromatic carboxylic acids is 1. The highest BCUT2D eigenvalue weighted by molar-refractivity contribution is 6.32. The highest BCUT2D eigenvalue weighted by Crippen LogP contribution is 2.28. The average molecular weight is 516 g/mol. The number of ether oxygens (including phenoxy) is 1. The topological polar surface area (TPSA) is 72.6 Å². The van der Waals surface area contributed by atoms with E-state index in [-0.39, 0.29) is 11.5 Å². The number of carbonyl (C=O) groups is 1. The highest BCUT2D eigenvalue weighted by Gasteiger charge is 2.19. The fraction of sp³-hybridized carbons (Fsp3) is 0.226. The van der Waals surface area contributed by atoms with Crippen molar-refractivity contribution in [3.05, 3.63) is 117 Å². The number of carboxylic acid groups (broad SMARTS) is 1. The third-order valence-corrected chi connectivity index (χ3v) is 6.42. The molecule has 0 unspecified atom stereocenters. The van der Waals surface area contributed by atoms with Crippen LogP contribution in [0.1, 0.15) is 70.3 Å². The second kappa shape index (κ2) is 12.4. The molecule has 1 aromatic heterocycles. The Morgan fingerprint density at radius 2 is 1.84 bits per heavy atom. The van der Waals surface area contributed by atoms with Crippen molar-refractivity contribution in [2.24, 2.45) is 0 Å². The molecule has 0 aliphatic heterocycles. The number of nitrogens with zero attached hydrogens (tertiary/aromatic N) is 1. The maximum absolute atomic E-state index is 11.2. The van der Waals surface area contributed by atoms with Crippen LogP contribution in [0.25, 0.3) is 12.2 Å². The molecular weight excluding hydrogens is 486 g/mol. The molecule has 0 aliphatic carbocycles. The van der Waals surface area contributed by atoms with Gasteiger partial charge in [0.1, 0.15) is 18.1 Å². The van der Waals surface area contributed by atoms with E-state index in [1.54, 1.807) is 24.3 Å². The molecule has 0 saturated heterocycles. The van der Waals surface area contributed by atoms with Crippen LogP contribution in [0.3, 0.4) is 0 Å². The summed E-state index contributed by atoms with van der Waals surface area (Å²) in [4.78, 5) is 11.2. The molecule has 37 heavy (non-hydrogen) atoms. The maximum atomic E-state index is 11.2. The fourth-order valence-corrected chi connectivity index (χ4v) is 4.35. The van der Waals surface area contributed by atoms with E-state index in [1.165, 1.54) is 5.56 Å². The number of aromatic nitrogens is 1. The minimum Gasteiger partial charge on any atom is -0.489 e. The molecule has 4 rings (SSSR count). The van der Waals surface area contributed by atoms with Crippen molar-refractivity contribution < 1.29 is 19.2 Å². The number of aryl methyl sites for hydroxylation is 2. The molecular formula is C31H30ClNO4. The van der Waals surface area contributed by atoms with Gasteiger partial charge in [0.15, 0.2) is 0 Å². The first-order chi connectivity index (χ1) is 17.9. The summed E-state index contributed by atoms with van der Waals surface area (Å²) in [7, 11) is 0. The van der Waals surface area contributed by atoms with E-state index in [1.807, 2.05) is 36.4 Å². The van der Waals surface area contributed by atoms with Crippen molar-refractivity contribution in [2.75, 3.05) is 0 Å². The Morgan fingerprint density at radius 3 is 2.57 bits per heavy atom. The molecule has 0 atom stereocenters. The number of hydrogen-bond acceptors (Lipinski definition) is 4. The fourth-order valence-electron chi connectivity index (χ4n) is 4.12. The van der Waals surface area contributed by atoms with Crippen LogP contribution in [0.4, 0.5) is 0 Å². The van der Waals surface area contributed by atoms with Crippen LogP contribution in [-0.2, 0) is 19.4 Å². The standard InChI is InChI=1S/C31H30ClNO4/c1-21(2)30-27(29(33-37-30)13-7-10-22-8-4-3-5-9-22)20-36-26-17-16-24(28(32)19-26)15-14-23-11-6-12-25(18-23)31(34)35/h3-6,8-9,11-12,14-19,21H,7,10,13,20H2,1-2H3,(H,34,35)/b15-14+. The van der Waals surface area contributed by atoms with Crippen molar-refractivity contribution in [1.29, 1.82) is 0 Å². The van der Waals surface area contributed by atoms with Crippen molar-refractivity contribution in [2.45, 2.75) is 45.6 Å². The monoisotopic (exact) mass is 515 g/mol. The molecule has 6 heteroatoms. The molecule has 5 nitrogen and oxygen atoms in total. The van der Waals surface area contributed by atoms with Gasteiger partial charge in [0.2, 0.25) is 0 Å². The molecule has 0 fully saturated rings. The summed E-state index contributed by atoms with van der Waals surface area (Å²) < 4.78 is 11.8. The molecule has 4 aromatic rings. The zero-order valence-corrected chi connectivity index (χ0v) is 21.7. The Balaban J connectivity index is 1.42. The second-order valence-corrected chi connectivity index (χ2v) is 9.61. The summed E-state index contributed by atoms with van der Waals surface area (Å²) in [5.41, 5.74) is 5.08. The van der Waals surface area contributed by atoms with Crippen molar-refractivity contribution in [1.82, 2.24) is 5.16 Å². The first-order valence-electron chi connectivity index (χ1n) is 12.4. The van der Waals surface area contributed by atoms with Gasteiger partial charge in [-0.2, -0.15) is 0 Å². The first-order valence-corrected chi connectivity index (χ1v) is 12.7. The van der Waals surface area contributed by atoms with E-state index >= 15 is 0 Å². The minimum absolute atomic E-state index is 0.199. The molecule has 1 heterocycles. The average Bonchev–Trinajstić information content (AvgIpc) is 3.30. The van der Waals surface area contributed by atoms with Crippen molar-refractivity contribution in [3.8, 4) is 5.75 Å². The van der Waals surface area contributed by atoms with Gasteiger partial charge >= 0.3 is 5.97 Å². The molecule has 0 bridgehead atoms. The molecule has 3 aromatic carbocycles. The van der Waals surface area contributed by atoms with Gasteiger partial charge < -0.3 is 14.4 Å². The second-order valence-electron chi connectivity index (χ2n) is 9.20. The van der Waals surface area contributed by atoms with E-state index < -0.39 is 5.97 Å². The number of hydrogen-bond donors (Lipinski definition) is 1. The minimum atomic E-state index is -0.956.